The van der Waals surface area contributed by atoms with Gasteiger partial charge in [0.15, 0.2) is 0 Å². The minimum absolute atomic E-state index is 0.570. The molecule has 0 saturated carbocycles. The molecule has 2 nitrogen and oxygen atoms in total. The summed E-state index contributed by atoms with van der Waals surface area (Å²) in [7, 11) is 0. The fraction of sp³-hybridized carbons (Fsp3) is 0.714. The summed E-state index contributed by atoms with van der Waals surface area (Å²) in [6.07, 6.45) is 5.56. The lowest BCUT2D eigenvalue weighted by Crippen LogP contribution is -2.50. The molecular weight excluding hydrogens is 308 g/mol. The van der Waals surface area contributed by atoms with E-state index in [9.17, 15) is 0 Å². The Morgan fingerprint density at radius 1 is 1.39 bits per heavy atom. The van der Waals surface area contributed by atoms with Crippen LogP contribution in [0.3, 0.4) is 0 Å². The third-order valence-corrected chi connectivity index (χ3v) is 6.27. The quantitative estimate of drug-likeness (QED) is 0.894. The van der Waals surface area contributed by atoms with Crippen molar-refractivity contribution >= 4 is 27.3 Å². The van der Waals surface area contributed by atoms with Crippen molar-refractivity contribution < 1.29 is 0 Å². The number of piperidine rings is 2. The number of hydrogen-bond donors (Lipinski definition) is 1. The summed E-state index contributed by atoms with van der Waals surface area (Å²) >= 11 is 5.53. The number of thiophene rings is 1. The molecule has 1 atom stereocenters. The van der Waals surface area contributed by atoms with Gasteiger partial charge in [0.1, 0.15) is 0 Å². The maximum absolute atomic E-state index is 3.65. The minimum Gasteiger partial charge on any atom is -0.316 e. The highest BCUT2D eigenvalue weighted by Gasteiger charge is 2.36. The summed E-state index contributed by atoms with van der Waals surface area (Å²) in [5.74, 6) is 0. The number of halogens is 1. The standard InChI is InChI=1S/C14H21BrN2S/c15-12-3-8-18-13(12)9-17-7-2-5-14(11-17)4-1-6-16-10-14/h3,8,16H,1-2,4-7,9-11H2. The van der Waals surface area contributed by atoms with Gasteiger partial charge in [0.25, 0.3) is 0 Å². The first-order valence-electron chi connectivity index (χ1n) is 6.92. The number of likely N-dealkylation sites (tertiary alicyclic amines) is 1. The van der Waals surface area contributed by atoms with Crippen LogP contribution >= 0.6 is 27.3 Å². The second-order valence-electron chi connectivity index (χ2n) is 5.79. The zero-order valence-electron chi connectivity index (χ0n) is 10.8. The van der Waals surface area contributed by atoms with Crippen LogP contribution in [-0.4, -0.2) is 31.1 Å². The van der Waals surface area contributed by atoms with Gasteiger partial charge in [-0.05, 0) is 71.6 Å². The first-order chi connectivity index (χ1) is 8.77. The van der Waals surface area contributed by atoms with Gasteiger partial charge in [-0.25, -0.2) is 0 Å². The van der Waals surface area contributed by atoms with Gasteiger partial charge in [-0.3, -0.25) is 4.90 Å². The average molecular weight is 329 g/mol. The van der Waals surface area contributed by atoms with Crippen molar-refractivity contribution in [1.29, 1.82) is 0 Å². The number of nitrogens with one attached hydrogen (secondary N) is 1. The molecule has 3 rings (SSSR count). The van der Waals surface area contributed by atoms with Gasteiger partial charge in [0.2, 0.25) is 0 Å². The maximum Gasteiger partial charge on any atom is 0.0339 e. The predicted octanol–water partition coefficient (Wildman–Crippen LogP) is 3.48. The van der Waals surface area contributed by atoms with Crippen LogP contribution in [0.15, 0.2) is 15.9 Å². The molecule has 3 heterocycles. The Kier molecular flexibility index (Phi) is 4.09. The van der Waals surface area contributed by atoms with Crippen LogP contribution in [0.5, 0.6) is 0 Å². The van der Waals surface area contributed by atoms with E-state index in [0.29, 0.717) is 5.41 Å². The second kappa shape index (κ2) is 5.61. The summed E-state index contributed by atoms with van der Waals surface area (Å²) in [5.41, 5.74) is 0.570. The van der Waals surface area contributed by atoms with Crippen LogP contribution in [0.1, 0.15) is 30.6 Å². The van der Waals surface area contributed by atoms with Crippen LogP contribution in [0.25, 0.3) is 0 Å². The van der Waals surface area contributed by atoms with Crippen LogP contribution in [0, 0.1) is 5.41 Å². The van der Waals surface area contributed by atoms with E-state index in [2.05, 4.69) is 37.6 Å². The SMILES string of the molecule is Brc1ccsc1CN1CCCC2(CCCNC2)C1. The van der Waals surface area contributed by atoms with Crippen molar-refractivity contribution in [3.05, 3.63) is 20.8 Å². The lowest BCUT2D eigenvalue weighted by Gasteiger charge is -2.45. The van der Waals surface area contributed by atoms with Crippen LogP contribution < -0.4 is 5.32 Å². The Morgan fingerprint density at radius 3 is 3.00 bits per heavy atom. The first-order valence-corrected chi connectivity index (χ1v) is 8.60. The summed E-state index contributed by atoms with van der Waals surface area (Å²) in [4.78, 5) is 4.14. The number of rotatable bonds is 2. The van der Waals surface area contributed by atoms with Gasteiger partial charge < -0.3 is 5.32 Å². The van der Waals surface area contributed by atoms with Crippen molar-refractivity contribution in [1.82, 2.24) is 10.2 Å². The normalized spacial score (nSPS) is 29.8. The van der Waals surface area contributed by atoms with Crippen LogP contribution in [-0.2, 0) is 6.54 Å². The van der Waals surface area contributed by atoms with Crippen LogP contribution in [0.4, 0.5) is 0 Å². The predicted molar refractivity (Wildman–Crippen MR) is 81.1 cm³/mol. The Bertz CT molecular complexity index is 393. The van der Waals surface area contributed by atoms with E-state index in [-0.39, 0.29) is 0 Å². The van der Waals surface area contributed by atoms with E-state index in [1.54, 1.807) is 0 Å². The molecular formula is C14H21BrN2S. The Hall–Kier alpha value is 0.1000. The highest BCUT2D eigenvalue weighted by Crippen LogP contribution is 2.37. The molecule has 1 unspecified atom stereocenters. The second-order valence-corrected chi connectivity index (χ2v) is 7.64. The molecule has 0 aromatic carbocycles. The molecule has 1 aromatic rings. The van der Waals surface area contributed by atoms with Gasteiger partial charge >= 0.3 is 0 Å². The monoisotopic (exact) mass is 328 g/mol. The molecule has 1 N–H and O–H groups in total. The lowest BCUT2D eigenvalue weighted by atomic mass is 9.74. The van der Waals surface area contributed by atoms with Gasteiger partial charge in [0, 0.05) is 29.0 Å². The van der Waals surface area contributed by atoms with Crippen molar-refractivity contribution in [2.24, 2.45) is 5.41 Å². The Morgan fingerprint density at radius 2 is 2.28 bits per heavy atom. The van der Waals surface area contributed by atoms with E-state index in [1.165, 1.54) is 61.2 Å². The molecule has 0 bridgehead atoms. The molecule has 1 spiro atoms. The molecule has 0 aliphatic carbocycles. The smallest absolute Gasteiger partial charge is 0.0339 e. The van der Waals surface area contributed by atoms with Crippen molar-refractivity contribution in [2.75, 3.05) is 26.2 Å². The fourth-order valence-electron chi connectivity index (χ4n) is 3.46. The fourth-order valence-corrected chi connectivity index (χ4v) is 4.98. The topological polar surface area (TPSA) is 15.3 Å². The zero-order chi connectivity index (χ0) is 12.4. The molecule has 2 aliphatic rings. The van der Waals surface area contributed by atoms with Gasteiger partial charge in [0.05, 0.1) is 0 Å². The number of nitrogens with zero attached hydrogens (tertiary/aromatic N) is 1. The first kappa shape index (κ1) is 13.1. The summed E-state index contributed by atoms with van der Waals surface area (Å²) in [6, 6.07) is 2.17. The van der Waals surface area contributed by atoms with E-state index < -0.39 is 0 Å². The molecule has 0 amide bonds. The van der Waals surface area contributed by atoms with E-state index >= 15 is 0 Å². The zero-order valence-corrected chi connectivity index (χ0v) is 13.2. The van der Waals surface area contributed by atoms with Crippen molar-refractivity contribution in [3.8, 4) is 0 Å². The molecule has 4 heteroatoms. The van der Waals surface area contributed by atoms with E-state index in [4.69, 9.17) is 0 Å². The molecule has 0 radical (unpaired) electrons. The number of hydrogen-bond acceptors (Lipinski definition) is 3. The molecule has 2 fully saturated rings. The molecule has 100 valence electrons. The highest BCUT2D eigenvalue weighted by atomic mass is 79.9. The summed E-state index contributed by atoms with van der Waals surface area (Å²) < 4.78 is 1.29. The third kappa shape index (κ3) is 2.82. The van der Waals surface area contributed by atoms with Crippen molar-refractivity contribution in [3.63, 3.8) is 0 Å². The van der Waals surface area contributed by atoms with E-state index in [0.717, 1.165) is 6.54 Å². The summed E-state index contributed by atoms with van der Waals surface area (Å²) in [5, 5.41) is 5.78. The molecule has 18 heavy (non-hydrogen) atoms. The Balaban J connectivity index is 1.65. The van der Waals surface area contributed by atoms with E-state index in [1.807, 2.05) is 11.3 Å². The van der Waals surface area contributed by atoms with Gasteiger partial charge in [-0.15, -0.1) is 11.3 Å². The third-order valence-electron chi connectivity index (χ3n) is 4.36. The molecule has 1 aromatic heterocycles. The van der Waals surface area contributed by atoms with Crippen molar-refractivity contribution in [2.45, 2.75) is 32.2 Å². The van der Waals surface area contributed by atoms with Crippen LogP contribution in [0.2, 0.25) is 0 Å². The molecule has 2 saturated heterocycles. The minimum atomic E-state index is 0.570. The van der Waals surface area contributed by atoms with Gasteiger partial charge in [-0.2, -0.15) is 0 Å². The average Bonchev–Trinajstić information content (AvgIpc) is 2.76. The summed E-state index contributed by atoms with van der Waals surface area (Å²) in [6.45, 7) is 6.13. The van der Waals surface area contributed by atoms with Gasteiger partial charge in [-0.1, -0.05) is 0 Å². The Labute approximate surface area is 122 Å². The largest absolute Gasteiger partial charge is 0.316 e. The lowest BCUT2D eigenvalue weighted by molar-refractivity contribution is 0.0605. The highest BCUT2D eigenvalue weighted by molar-refractivity contribution is 9.10. The maximum atomic E-state index is 3.65. The molecule has 2 aliphatic heterocycles.